The zero-order valence-electron chi connectivity index (χ0n) is 15.0. The van der Waals surface area contributed by atoms with Gasteiger partial charge in [-0.05, 0) is 37.1 Å². The lowest BCUT2D eigenvalue weighted by atomic mass is 9.94. The van der Waals surface area contributed by atoms with Gasteiger partial charge in [0.15, 0.2) is 11.9 Å². The maximum Gasteiger partial charge on any atom is 0.197 e. The van der Waals surface area contributed by atoms with Gasteiger partial charge in [0.25, 0.3) is 0 Å². The predicted octanol–water partition coefficient (Wildman–Crippen LogP) is 3.08. The van der Waals surface area contributed by atoms with Gasteiger partial charge in [-0.2, -0.15) is 4.73 Å². The molecule has 1 unspecified atom stereocenters. The minimum Gasteiger partial charge on any atom is -0.618 e. The van der Waals surface area contributed by atoms with Crippen LogP contribution in [-0.4, -0.2) is 37.4 Å². The molecule has 138 valence electrons. The van der Waals surface area contributed by atoms with Crippen LogP contribution in [0.1, 0.15) is 36.4 Å². The second-order valence-corrected chi connectivity index (χ2v) is 6.57. The number of benzene rings is 1. The zero-order valence-corrected chi connectivity index (χ0v) is 15.0. The Balaban J connectivity index is 1.63. The second-order valence-electron chi connectivity index (χ2n) is 6.57. The van der Waals surface area contributed by atoms with Crippen molar-refractivity contribution in [2.24, 2.45) is 5.16 Å². The van der Waals surface area contributed by atoms with E-state index in [4.69, 9.17) is 4.84 Å². The molecule has 2 aromatic rings. The summed E-state index contributed by atoms with van der Waals surface area (Å²) in [4.78, 5) is 7.32. The van der Waals surface area contributed by atoms with E-state index >= 15 is 0 Å². The van der Waals surface area contributed by atoms with Gasteiger partial charge in [-0.3, -0.25) is 0 Å². The Kier molecular flexibility index (Phi) is 6.17. The third-order valence-corrected chi connectivity index (χ3v) is 4.82. The van der Waals surface area contributed by atoms with Crippen molar-refractivity contribution in [3.63, 3.8) is 0 Å². The van der Waals surface area contributed by atoms with Gasteiger partial charge >= 0.3 is 0 Å². The Morgan fingerprint density at radius 3 is 2.85 bits per heavy atom. The molecule has 1 atom stereocenters. The molecule has 1 saturated heterocycles. The fraction of sp³-hybridized carbons (Fsp3) is 0.400. The SMILES string of the molecule is CO/N=C(\CCN1CCCC(c2cccc[n+]2[O-])C1)c1ccc(F)cc1. The molecule has 0 amide bonds. The Morgan fingerprint density at radius 2 is 2.12 bits per heavy atom. The molecule has 5 nitrogen and oxygen atoms in total. The Morgan fingerprint density at radius 1 is 1.31 bits per heavy atom. The maximum atomic E-state index is 13.1. The predicted molar refractivity (Wildman–Crippen MR) is 98.4 cm³/mol. The number of nitrogens with zero attached hydrogens (tertiary/aromatic N) is 3. The normalized spacial score (nSPS) is 18.7. The molecule has 0 saturated carbocycles. The van der Waals surface area contributed by atoms with Crippen LogP contribution in [0.25, 0.3) is 0 Å². The highest BCUT2D eigenvalue weighted by Crippen LogP contribution is 2.24. The van der Waals surface area contributed by atoms with E-state index in [0.29, 0.717) is 6.42 Å². The number of likely N-dealkylation sites (tertiary alicyclic amines) is 1. The fourth-order valence-corrected chi connectivity index (χ4v) is 3.52. The molecule has 1 aliphatic rings. The smallest absolute Gasteiger partial charge is 0.197 e. The van der Waals surface area contributed by atoms with Crippen molar-refractivity contribution in [2.45, 2.75) is 25.2 Å². The molecule has 1 aliphatic heterocycles. The van der Waals surface area contributed by atoms with Crippen molar-refractivity contribution in [3.8, 4) is 0 Å². The van der Waals surface area contributed by atoms with Crippen LogP contribution in [0.5, 0.6) is 0 Å². The Labute approximate surface area is 153 Å². The highest BCUT2D eigenvalue weighted by Gasteiger charge is 2.26. The van der Waals surface area contributed by atoms with E-state index in [1.807, 2.05) is 12.1 Å². The van der Waals surface area contributed by atoms with Crippen molar-refractivity contribution in [3.05, 3.63) is 70.9 Å². The fourth-order valence-electron chi connectivity index (χ4n) is 3.52. The molecule has 0 spiro atoms. The third kappa shape index (κ3) is 4.58. The average Bonchev–Trinajstić information content (AvgIpc) is 2.66. The molecule has 0 aliphatic carbocycles. The van der Waals surface area contributed by atoms with Gasteiger partial charge in [-0.25, -0.2) is 4.39 Å². The van der Waals surface area contributed by atoms with E-state index in [1.54, 1.807) is 24.4 Å². The van der Waals surface area contributed by atoms with Crippen molar-refractivity contribution >= 4 is 5.71 Å². The quantitative estimate of drug-likeness (QED) is 0.346. The summed E-state index contributed by atoms with van der Waals surface area (Å²) in [7, 11) is 1.52. The summed E-state index contributed by atoms with van der Waals surface area (Å²) in [6.07, 6.45) is 4.36. The molecular formula is C20H24FN3O2. The third-order valence-electron chi connectivity index (χ3n) is 4.82. The van der Waals surface area contributed by atoms with E-state index in [-0.39, 0.29) is 11.7 Å². The number of halogens is 1. The number of hydrogen-bond donors (Lipinski definition) is 0. The molecule has 1 aromatic carbocycles. The summed E-state index contributed by atoms with van der Waals surface area (Å²) in [6.45, 7) is 2.68. The lowest BCUT2D eigenvalue weighted by Crippen LogP contribution is -2.41. The van der Waals surface area contributed by atoms with Crippen LogP contribution in [-0.2, 0) is 4.84 Å². The van der Waals surface area contributed by atoms with Crippen molar-refractivity contribution < 1.29 is 14.0 Å². The topological polar surface area (TPSA) is 51.8 Å². The van der Waals surface area contributed by atoms with Crippen LogP contribution in [0.4, 0.5) is 4.39 Å². The molecule has 0 radical (unpaired) electrons. The first kappa shape index (κ1) is 18.3. The Bertz CT molecular complexity index is 749. The number of pyridine rings is 1. The Hall–Kier alpha value is -2.47. The molecule has 2 heterocycles. The molecule has 26 heavy (non-hydrogen) atoms. The second kappa shape index (κ2) is 8.76. The highest BCUT2D eigenvalue weighted by atomic mass is 19.1. The number of rotatable bonds is 6. The maximum absolute atomic E-state index is 13.1. The molecule has 6 heteroatoms. The van der Waals surface area contributed by atoms with E-state index in [9.17, 15) is 9.60 Å². The van der Waals surface area contributed by atoms with Crippen LogP contribution in [0.15, 0.2) is 53.8 Å². The van der Waals surface area contributed by atoms with E-state index in [1.165, 1.54) is 19.2 Å². The monoisotopic (exact) mass is 357 g/mol. The van der Waals surface area contributed by atoms with Gasteiger partial charge < -0.3 is 14.9 Å². The molecular weight excluding hydrogens is 333 g/mol. The van der Waals surface area contributed by atoms with Gasteiger partial charge in [0.05, 0.1) is 11.6 Å². The first-order chi connectivity index (χ1) is 12.7. The first-order valence-electron chi connectivity index (χ1n) is 8.94. The lowest BCUT2D eigenvalue weighted by molar-refractivity contribution is -0.615. The van der Waals surface area contributed by atoms with Crippen LogP contribution >= 0.6 is 0 Å². The molecule has 1 aromatic heterocycles. The van der Waals surface area contributed by atoms with Gasteiger partial charge in [-0.1, -0.05) is 23.4 Å². The highest BCUT2D eigenvalue weighted by molar-refractivity contribution is 6.00. The average molecular weight is 357 g/mol. The number of hydrogen-bond acceptors (Lipinski definition) is 4. The van der Waals surface area contributed by atoms with Gasteiger partial charge in [0, 0.05) is 31.6 Å². The van der Waals surface area contributed by atoms with Crippen LogP contribution < -0.4 is 4.73 Å². The van der Waals surface area contributed by atoms with E-state index in [0.717, 1.165) is 54.2 Å². The minimum atomic E-state index is -0.266. The van der Waals surface area contributed by atoms with Crippen LogP contribution in [0.3, 0.4) is 0 Å². The van der Waals surface area contributed by atoms with Gasteiger partial charge in [-0.15, -0.1) is 0 Å². The van der Waals surface area contributed by atoms with Crippen molar-refractivity contribution in [1.29, 1.82) is 0 Å². The molecule has 3 rings (SSSR count). The summed E-state index contributed by atoms with van der Waals surface area (Å²) in [5, 5.41) is 16.1. The standard InChI is InChI=1S/C20H24FN3O2/c1-26-22-19(16-7-9-18(21)10-8-16)11-14-23-12-4-5-17(15-23)20-6-2-3-13-24(20)25/h2-3,6-10,13,17H,4-5,11-12,14-15H2,1H3/b22-19+. The van der Waals surface area contributed by atoms with Crippen LogP contribution in [0.2, 0.25) is 0 Å². The molecule has 0 bridgehead atoms. The summed E-state index contributed by atoms with van der Waals surface area (Å²) < 4.78 is 14.1. The lowest BCUT2D eigenvalue weighted by Gasteiger charge is -2.31. The molecule has 0 N–H and O–H groups in total. The number of piperidine rings is 1. The number of aromatic nitrogens is 1. The summed E-state index contributed by atoms with van der Waals surface area (Å²) in [5.74, 6) is -0.0192. The summed E-state index contributed by atoms with van der Waals surface area (Å²) in [5.41, 5.74) is 2.50. The summed E-state index contributed by atoms with van der Waals surface area (Å²) in [6, 6.07) is 11.9. The van der Waals surface area contributed by atoms with Gasteiger partial charge in [0.2, 0.25) is 0 Å². The number of oxime groups is 1. The van der Waals surface area contributed by atoms with E-state index in [2.05, 4.69) is 10.1 Å². The van der Waals surface area contributed by atoms with Crippen molar-refractivity contribution in [2.75, 3.05) is 26.7 Å². The van der Waals surface area contributed by atoms with E-state index < -0.39 is 0 Å². The zero-order chi connectivity index (χ0) is 18.4. The van der Waals surface area contributed by atoms with Gasteiger partial charge in [0.1, 0.15) is 12.9 Å². The minimum absolute atomic E-state index is 0.246. The summed E-state index contributed by atoms with van der Waals surface area (Å²) >= 11 is 0. The van der Waals surface area contributed by atoms with Crippen molar-refractivity contribution in [1.82, 2.24) is 4.90 Å². The molecule has 1 fully saturated rings. The largest absolute Gasteiger partial charge is 0.618 e. The van der Waals surface area contributed by atoms with Crippen LogP contribution in [0, 0.1) is 11.0 Å². The first-order valence-corrected chi connectivity index (χ1v) is 8.94.